The molecule has 0 saturated heterocycles. The van der Waals surface area contributed by atoms with Gasteiger partial charge in [0.1, 0.15) is 6.04 Å². The number of rotatable bonds is 5. The SMILES string of the molecule is NC(=O)[C@@H](Cc1ccccc1)Nc1ccc(Br)cc1. The molecule has 0 aliphatic rings. The smallest absolute Gasteiger partial charge is 0.240 e. The van der Waals surface area contributed by atoms with Gasteiger partial charge in [-0.1, -0.05) is 46.3 Å². The monoisotopic (exact) mass is 318 g/mol. The number of primary amides is 1. The molecule has 1 atom stereocenters. The molecule has 2 rings (SSSR count). The molecule has 0 spiro atoms. The van der Waals surface area contributed by atoms with Crippen LogP contribution in [0.4, 0.5) is 5.69 Å². The Bertz CT molecular complexity index is 540. The van der Waals surface area contributed by atoms with E-state index in [1.165, 1.54) is 0 Å². The average Bonchev–Trinajstić information content (AvgIpc) is 2.41. The van der Waals surface area contributed by atoms with Crippen molar-refractivity contribution in [1.29, 1.82) is 0 Å². The van der Waals surface area contributed by atoms with Crippen molar-refractivity contribution in [3.05, 3.63) is 64.6 Å². The number of amides is 1. The van der Waals surface area contributed by atoms with Crippen LogP contribution < -0.4 is 11.1 Å². The molecule has 0 bridgehead atoms. The zero-order valence-corrected chi connectivity index (χ0v) is 11.9. The van der Waals surface area contributed by atoms with Crippen LogP contribution in [-0.2, 0) is 11.2 Å². The molecule has 0 fully saturated rings. The molecule has 0 unspecified atom stereocenters. The number of nitrogens with two attached hydrogens (primary N) is 1. The lowest BCUT2D eigenvalue weighted by Crippen LogP contribution is -2.37. The Kier molecular flexibility index (Phi) is 4.58. The predicted molar refractivity (Wildman–Crippen MR) is 80.9 cm³/mol. The summed E-state index contributed by atoms with van der Waals surface area (Å²) in [5.41, 5.74) is 7.41. The first-order chi connectivity index (χ1) is 9.15. The summed E-state index contributed by atoms with van der Waals surface area (Å²) in [4.78, 5) is 11.5. The molecule has 0 radical (unpaired) electrons. The number of halogens is 1. The minimum atomic E-state index is -0.413. The fourth-order valence-corrected chi connectivity index (χ4v) is 2.08. The van der Waals surface area contributed by atoms with E-state index in [-0.39, 0.29) is 5.91 Å². The van der Waals surface area contributed by atoms with Gasteiger partial charge >= 0.3 is 0 Å². The van der Waals surface area contributed by atoms with Crippen LogP contribution in [0.1, 0.15) is 5.56 Å². The van der Waals surface area contributed by atoms with Gasteiger partial charge in [0.2, 0.25) is 5.91 Å². The van der Waals surface area contributed by atoms with Gasteiger partial charge in [-0.05, 0) is 29.8 Å². The number of hydrogen-bond acceptors (Lipinski definition) is 2. The molecule has 0 aliphatic carbocycles. The van der Waals surface area contributed by atoms with Crippen LogP contribution in [0.15, 0.2) is 59.1 Å². The van der Waals surface area contributed by atoms with Crippen LogP contribution in [0.2, 0.25) is 0 Å². The maximum atomic E-state index is 11.5. The van der Waals surface area contributed by atoms with E-state index < -0.39 is 6.04 Å². The lowest BCUT2D eigenvalue weighted by Gasteiger charge is -2.17. The average molecular weight is 319 g/mol. The van der Waals surface area contributed by atoms with Crippen molar-refractivity contribution in [2.45, 2.75) is 12.5 Å². The molecule has 3 nitrogen and oxygen atoms in total. The second kappa shape index (κ2) is 6.38. The number of nitrogens with one attached hydrogen (secondary N) is 1. The molecule has 0 saturated carbocycles. The third kappa shape index (κ3) is 4.10. The highest BCUT2D eigenvalue weighted by molar-refractivity contribution is 9.10. The quantitative estimate of drug-likeness (QED) is 0.890. The molecule has 3 N–H and O–H groups in total. The molecular weight excluding hydrogens is 304 g/mol. The molecule has 0 heterocycles. The van der Waals surface area contributed by atoms with Crippen LogP contribution in [0, 0.1) is 0 Å². The van der Waals surface area contributed by atoms with Crippen LogP contribution in [0.3, 0.4) is 0 Å². The Hall–Kier alpha value is -1.81. The van der Waals surface area contributed by atoms with Gasteiger partial charge < -0.3 is 11.1 Å². The summed E-state index contributed by atoms with van der Waals surface area (Å²) in [6, 6.07) is 17.1. The van der Waals surface area contributed by atoms with Crippen LogP contribution in [0.25, 0.3) is 0 Å². The highest BCUT2D eigenvalue weighted by Gasteiger charge is 2.15. The number of carbonyl (C=O) groups is 1. The summed E-state index contributed by atoms with van der Waals surface area (Å²) in [7, 11) is 0. The van der Waals surface area contributed by atoms with Gasteiger partial charge in [0.25, 0.3) is 0 Å². The van der Waals surface area contributed by atoms with Crippen molar-refractivity contribution in [1.82, 2.24) is 0 Å². The Morgan fingerprint density at radius 2 is 1.74 bits per heavy atom. The highest BCUT2D eigenvalue weighted by atomic mass is 79.9. The van der Waals surface area contributed by atoms with E-state index >= 15 is 0 Å². The van der Waals surface area contributed by atoms with Crippen LogP contribution >= 0.6 is 15.9 Å². The van der Waals surface area contributed by atoms with Gasteiger partial charge in [0.15, 0.2) is 0 Å². The molecule has 0 aromatic heterocycles. The molecule has 2 aromatic rings. The highest BCUT2D eigenvalue weighted by Crippen LogP contribution is 2.16. The number of hydrogen-bond donors (Lipinski definition) is 2. The first-order valence-corrected chi connectivity index (χ1v) is 6.80. The number of benzene rings is 2. The summed E-state index contributed by atoms with van der Waals surface area (Å²) in [5, 5.41) is 3.16. The number of anilines is 1. The zero-order chi connectivity index (χ0) is 13.7. The van der Waals surface area contributed by atoms with Gasteiger partial charge in [-0.15, -0.1) is 0 Å². The molecule has 19 heavy (non-hydrogen) atoms. The van der Waals surface area contributed by atoms with E-state index in [4.69, 9.17) is 5.73 Å². The maximum Gasteiger partial charge on any atom is 0.240 e. The van der Waals surface area contributed by atoms with E-state index in [0.29, 0.717) is 6.42 Å². The van der Waals surface area contributed by atoms with E-state index in [2.05, 4.69) is 21.2 Å². The Morgan fingerprint density at radius 1 is 1.11 bits per heavy atom. The number of carbonyl (C=O) groups excluding carboxylic acids is 1. The second-order valence-corrected chi connectivity index (χ2v) is 5.21. The third-order valence-electron chi connectivity index (χ3n) is 2.81. The van der Waals surface area contributed by atoms with E-state index in [1.807, 2.05) is 54.6 Å². The molecule has 0 aliphatic heterocycles. The lowest BCUT2D eigenvalue weighted by atomic mass is 10.1. The van der Waals surface area contributed by atoms with Gasteiger partial charge in [-0.2, -0.15) is 0 Å². The summed E-state index contributed by atoms with van der Waals surface area (Å²) in [5.74, 6) is -0.355. The predicted octanol–water partition coefficient (Wildman–Crippen LogP) is 2.96. The summed E-state index contributed by atoms with van der Waals surface area (Å²) in [6.45, 7) is 0. The molecule has 98 valence electrons. The topological polar surface area (TPSA) is 55.1 Å². The van der Waals surface area contributed by atoms with Gasteiger partial charge in [-0.25, -0.2) is 0 Å². The maximum absolute atomic E-state index is 11.5. The zero-order valence-electron chi connectivity index (χ0n) is 10.3. The summed E-state index contributed by atoms with van der Waals surface area (Å²) >= 11 is 3.37. The van der Waals surface area contributed by atoms with Gasteiger partial charge in [-0.3, -0.25) is 4.79 Å². The lowest BCUT2D eigenvalue weighted by molar-refractivity contribution is -0.118. The standard InChI is InChI=1S/C15H15BrN2O/c16-12-6-8-13(9-7-12)18-14(15(17)19)10-11-4-2-1-3-5-11/h1-9,14,18H,10H2,(H2,17,19)/t14-/m1/s1. The van der Waals surface area contributed by atoms with E-state index in [0.717, 1.165) is 15.7 Å². The van der Waals surface area contributed by atoms with Crippen molar-refractivity contribution < 1.29 is 4.79 Å². The molecule has 2 aromatic carbocycles. The van der Waals surface area contributed by atoms with E-state index in [1.54, 1.807) is 0 Å². The fourth-order valence-electron chi connectivity index (χ4n) is 1.82. The van der Waals surface area contributed by atoms with Crippen molar-refractivity contribution in [3.63, 3.8) is 0 Å². The first kappa shape index (κ1) is 13.6. The van der Waals surface area contributed by atoms with Crippen molar-refractivity contribution in [3.8, 4) is 0 Å². The van der Waals surface area contributed by atoms with Gasteiger partial charge in [0, 0.05) is 16.6 Å². The van der Waals surface area contributed by atoms with Crippen LogP contribution in [-0.4, -0.2) is 11.9 Å². The van der Waals surface area contributed by atoms with Crippen molar-refractivity contribution in [2.24, 2.45) is 5.73 Å². The summed E-state index contributed by atoms with van der Waals surface area (Å²) in [6.07, 6.45) is 0.576. The van der Waals surface area contributed by atoms with Crippen molar-refractivity contribution >= 4 is 27.5 Å². The molecule has 1 amide bonds. The Balaban J connectivity index is 2.08. The summed E-state index contributed by atoms with van der Waals surface area (Å²) < 4.78 is 0.997. The van der Waals surface area contributed by atoms with Crippen molar-refractivity contribution in [2.75, 3.05) is 5.32 Å². The largest absolute Gasteiger partial charge is 0.373 e. The normalized spacial score (nSPS) is 11.8. The first-order valence-electron chi connectivity index (χ1n) is 6.00. The van der Waals surface area contributed by atoms with Gasteiger partial charge in [0.05, 0.1) is 0 Å². The third-order valence-corrected chi connectivity index (χ3v) is 3.34. The van der Waals surface area contributed by atoms with E-state index in [9.17, 15) is 4.79 Å². The minimum absolute atomic E-state index is 0.355. The fraction of sp³-hybridized carbons (Fsp3) is 0.133. The Morgan fingerprint density at radius 3 is 2.32 bits per heavy atom. The molecule has 4 heteroatoms. The minimum Gasteiger partial charge on any atom is -0.373 e. The second-order valence-electron chi connectivity index (χ2n) is 4.30. The Labute approximate surface area is 121 Å². The molecular formula is C15H15BrN2O. The van der Waals surface area contributed by atoms with Crippen LogP contribution in [0.5, 0.6) is 0 Å².